The van der Waals surface area contributed by atoms with Gasteiger partial charge in [-0.15, -0.1) is 0 Å². The Labute approximate surface area is 131 Å². The number of pyridine rings is 1. The van der Waals surface area contributed by atoms with Crippen molar-refractivity contribution in [2.45, 2.75) is 6.54 Å². The number of benzene rings is 1. The molecule has 1 saturated heterocycles. The maximum atomic E-state index is 4.74. The van der Waals surface area contributed by atoms with E-state index in [4.69, 9.17) is 4.98 Å². The second kappa shape index (κ2) is 5.15. The zero-order valence-corrected chi connectivity index (χ0v) is 13.1. The molecule has 0 bridgehead atoms. The molecule has 21 heavy (non-hydrogen) atoms. The molecule has 5 heteroatoms. The SMILES string of the molecule is Brc1cnn(CC2CN(c3ccc4ccccc4n3)C2)c1. The number of fused-ring (bicyclic) bond motifs is 1. The number of nitrogens with zero attached hydrogens (tertiary/aromatic N) is 4. The molecule has 1 aromatic carbocycles. The van der Waals surface area contributed by atoms with Gasteiger partial charge in [0.1, 0.15) is 5.82 Å². The average Bonchev–Trinajstić information content (AvgIpc) is 2.87. The predicted molar refractivity (Wildman–Crippen MR) is 87.4 cm³/mol. The topological polar surface area (TPSA) is 34.0 Å². The monoisotopic (exact) mass is 342 g/mol. The van der Waals surface area contributed by atoms with Crippen molar-refractivity contribution in [3.63, 3.8) is 0 Å². The van der Waals surface area contributed by atoms with Crippen LogP contribution >= 0.6 is 15.9 Å². The van der Waals surface area contributed by atoms with E-state index < -0.39 is 0 Å². The molecule has 2 aromatic heterocycles. The number of halogens is 1. The summed E-state index contributed by atoms with van der Waals surface area (Å²) >= 11 is 3.43. The Morgan fingerprint density at radius 2 is 2.00 bits per heavy atom. The summed E-state index contributed by atoms with van der Waals surface area (Å²) in [4.78, 5) is 7.07. The molecule has 1 fully saturated rings. The van der Waals surface area contributed by atoms with Gasteiger partial charge in [0.15, 0.2) is 0 Å². The van der Waals surface area contributed by atoms with Gasteiger partial charge in [0.05, 0.1) is 16.2 Å². The highest BCUT2D eigenvalue weighted by Gasteiger charge is 2.28. The highest BCUT2D eigenvalue weighted by atomic mass is 79.9. The molecule has 0 amide bonds. The molecule has 4 rings (SSSR count). The average molecular weight is 343 g/mol. The lowest BCUT2D eigenvalue weighted by atomic mass is 10.0. The molecule has 0 atom stereocenters. The third-order valence-corrected chi connectivity index (χ3v) is 4.32. The van der Waals surface area contributed by atoms with E-state index in [2.05, 4.69) is 50.2 Å². The Morgan fingerprint density at radius 1 is 1.14 bits per heavy atom. The van der Waals surface area contributed by atoms with E-state index in [0.29, 0.717) is 5.92 Å². The molecule has 0 spiro atoms. The zero-order chi connectivity index (χ0) is 14.2. The van der Waals surface area contributed by atoms with Gasteiger partial charge in [0.25, 0.3) is 0 Å². The van der Waals surface area contributed by atoms with Gasteiger partial charge in [-0.3, -0.25) is 4.68 Å². The maximum absolute atomic E-state index is 4.74. The van der Waals surface area contributed by atoms with Crippen molar-refractivity contribution in [2.24, 2.45) is 5.92 Å². The lowest BCUT2D eigenvalue weighted by Gasteiger charge is -2.40. The minimum Gasteiger partial charge on any atom is -0.356 e. The van der Waals surface area contributed by atoms with E-state index in [-0.39, 0.29) is 0 Å². The molecule has 3 aromatic rings. The fourth-order valence-corrected chi connectivity index (χ4v) is 3.13. The summed E-state index contributed by atoms with van der Waals surface area (Å²) in [5.74, 6) is 1.72. The number of rotatable bonds is 3. The minimum atomic E-state index is 0.644. The summed E-state index contributed by atoms with van der Waals surface area (Å²) in [6.07, 6.45) is 3.86. The van der Waals surface area contributed by atoms with Gasteiger partial charge in [0, 0.05) is 37.1 Å². The Hall–Kier alpha value is -1.88. The summed E-state index contributed by atoms with van der Waals surface area (Å²) < 4.78 is 3.04. The van der Waals surface area contributed by atoms with E-state index in [1.165, 1.54) is 5.39 Å². The summed E-state index contributed by atoms with van der Waals surface area (Å²) in [6.45, 7) is 3.06. The molecule has 3 heterocycles. The first-order chi connectivity index (χ1) is 10.3. The van der Waals surface area contributed by atoms with Gasteiger partial charge in [-0.2, -0.15) is 5.10 Å². The molecular formula is C16H15BrN4. The predicted octanol–water partition coefficient (Wildman–Crippen LogP) is 3.33. The Kier molecular flexibility index (Phi) is 3.15. The third-order valence-electron chi connectivity index (χ3n) is 3.91. The van der Waals surface area contributed by atoms with Crippen molar-refractivity contribution >= 4 is 32.7 Å². The fourth-order valence-electron chi connectivity index (χ4n) is 2.81. The quantitative estimate of drug-likeness (QED) is 0.732. The van der Waals surface area contributed by atoms with Gasteiger partial charge >= 0.3 is 0 Å². The van der Waals surface area contributed by atoms with Crippen LogP contribution in [0.15, 0.2) is 53.3 Å². The van der Waals surface area contributed by atoms with Gasteiger partial charge in [-0.1, -0.05) is 18.2 Å². The molecule has 0 saturated carbocycles. The van der Waals surface area contributed by atoms with Crippen LogP contribution in [-0.4, -0.2) is 27.9 Å². The van der Waals surface area contributed by atoms with E-state index in [1.807, 2.05) is 29.2 Å². The molecule has 1 aliphatic rings. The largest absolute Gasteiger partial charge is 0.356 e. The van der Waals surface area contributed by atoms with Crippen LogP contribution in [0.3, 0.4) is 0 Å². The van der Waals surface area contributed by atoms with Crippen LogP contribution in [0.2, 0.25) is 0 Å². The van der Waals surface area contributed by atoms with Crippen LogP contribution in [0, 0.1) is 5.92 Å². The van der Waals surface area contributed by atoms with Crippen molar-refractivity contribution in [2.75, 3.05) is 18.0 Å². The number of hydrogen-bond acceptors (Lipinski definition) is 3. The summed E-state index contributed by atoms with van der Waals surface area (Å²) in [7, 11) is 0. The van der Waals surface area contributed by atoms with Gasteiger partial charge < -0.3 is 4.90 Å². The van der Waals surface area contributed by atoms with Gasteiger partial charge in [-0.25, -0.2) is 4.98 Å². The van der Waals surface area contributed by atoms with Crippen LogP contribution in [0.25, 0.3) is 10.9 Å². The van der Waals surface area contributed by atoms with Crippen LogP contribution < -0.4 is 4.90 Å². The minimum absolute atomic E-state index is 0.644. The molecule has 106 valence electrons. The fraction of sp³-hybridized carbons (Fsp3) is 0.250. The smallest absolute Gasteiger partial charge is 0.129 e. The highest BCUT2D eigenvalue weighted by Crippen LogP contribution is 2.26. The summed E-state index contributed by atoms with van der Waals surface area (Å²) in [5, 5.41) is 5.51. The molecule has 0 radical (unpaired) electrons. The van der Waals surface area contributed by atoms with E-state index in [0.717, 1.165) is 35.4 Å². The van der Waals surface area contributed by atoms with Crippen molar-refractivity contribution < 1.29 is 0 Å². The third kappa shape index (κ3) is 2.53. The standard InChI is InChI=1S/C16H15BrN4/c17-14-7-18-21(11-14)10-12-8-20(9-12)16-6-5-13-3-1-2-4-15(13)19-16/h1-7,11-12H,8-10H2. The summed E-state index contributed by atoms with van der Waals surface area (Å²) in [6, 6.07) is 12.5. The van der Waals surface area contributed by atoms with Crippen LogP contribution in [0.1, 0.15) is 0 Å². The van der Waals surface area contributed by atoms with Crippen molar-refractivity contribution in [1.29, 1.82) is 0 Å². The van der Waals surface area contributed by atoms with Crippen molar-refractivity contribution in [3.05, 3.63) is 53.3 Å². The lowest BCUT2D eigenvalue weighted by Crippen LogP contribution is -2.49. The first kappa shape index (κ1) is 12.8. The summed E-state index contributed by atoms with van der Waals surface area (Å²) in [5.41, 5.74) is 1.06. The molecular weight excluding hydrogens is 328 g/mol. The molecule has 0 aliphatic carbocycles. The maximum Gasteiger partial charge on any atom is 0.129 e. The number of aromatic nitrogens is 3. The van der Waals surface area contributed by atoms with Crippen LogP contribution in [-0.2, 0) is 6.54 Å². The zero-order valence-electron chi connectivity index (χ0n) is 11.5. The van der Waals surface area contributed by atoms with E-state index >= 15 is 0 Å². The van der Waals surface area contributed by atoms with Crippen LogP contribution in [0.5, 0.6) is 0 Å². The molecule has 1 aliphatic heterocycles. The second-order valence-corrected chi connectivity index (χ2v) is 6.43. The first-order valence-electron chi connectivity index (χ1n) is 7.07. The molecule has 0 unspecified atom stereocenters. The van der Waals surface area contributed by atoms with Crippen LogP contribution in [0.4, 0.5) is 5.82 Å². The Morgan fingerprint density at radius 3 is 2.81 bits per heavy atom. The van der Waals surface area contributed by atoms with Crippen molar-refractivity contribution in [3.8, 4) is 0 Å². The van der Waals surface area contributed by atoms with Gasteiger partial charge in [-0.05, 0) is 34.1 Å². The van der Waals surface area contributed by atoms with Crippen molar-refractivity contribution in [1.82, 2.24) is 14.8 Å². The molecule has 0 N–H and O–H groups in total. The first-order valence-corrected chi connectivity index (χ1v) is 7.86. The Bertz CT molecular complexity index is 777. The normalized spacial score (nSPS) is 15.4. The highest BCUT2D eigenvalue weighted by molar-refractivity contribution is 9.10. The lowest BCUT2D eigenvalue weighted by molar-refractivity contribution is 0.340. The van der Waals surface area contributed by atoms with E-state index in [1.54, 1.807) is 0 Å². The Balaban J connectivity index is 1.44. The number of anilines is 1. The molecule has 4 nitrogen and oxygen atoms in total. The van der Waals surface area contributed by atoms with E-state index in [9.17, 15) is 0 Å². The number of hydrogen-bond donors (Lipinski definition) is 0. The van der Waals surface area contributed by atoms with Gasteiger partial charge in [0.2, 0.25) is 0 Å². The second-order valence-electron chi connectivity index (χ2n) is 5.51. The number of para-hydroxylation sites is 1.